The molecule has 0 aromatic carbocycles. The van der Waals surface area contributed by atoms with Crippen LogP contribution in [0.3, 0.4) is 0 Å². The van der Waals surface area contributed by atoms with E-state index >= 15 is 0 Å². The van der Waals surface area contributed by atoms with Crippen LogP contribution in [0.4, 0.5) is 0 Å². The van der Waals surface area contributed by atoms with Gasteiger partial charge < -0.3 is 14.6 Å². The first-order valence-corrected chi connectivity index (χ1v) is 5.65. The lowest BCUT2D eigenvalue weighted by Gasteiger charge is -2.50. The Morgan fingerprint density at radius 3 is 3.07 bits per heavy atom. The molecule has 1 saturated carbocycles. The summed E-state index contributed by atoms with van der Waals surface area (Å²) in [6.07, 6.45) is 7.45. The molecule has 1 unspecified atom stereocenters. The first-order valence-electron chi connectivity index (χ1n) is 5.65. The fourth-order valence-corrected chi connectivity index (χ4v) is 2.70. The summed E-state index contributed by atoms with van der Waals surface area (Å²) in [5.41, 5.74) is 1.31. The van der Waals surface area contributed by atoms with Gasteiger partial charge in [-0.2, -0.15) is 0 Å². The van der Waals surface area contributed by atoms with E-state index in [2.05, 4.69) is 14.9 Å². The Morgan fingerprint density at radius 2 is 2.47 bits per heavy atom. The Kier molecular flexibility index (Phi) is 2.07. The molecule has 2 aliphatic rings. The van der Waals surface area contributed by atoms with E-state index in [0.29, 0.717) is 6.04 Å². The molecule has 15 heavy (non-hydrogen) atoms. The van der Waals surface area contributed by atoms with E-state index in [1.165, 1.54) is 25.0 Å². The Bertz CT molecular complexity index is 356. The molecule has 2 heterocycles. The third-order valence-electron chi connectivity index (χ3n) is 3.72. The molecule has 1 N–H and O–H groups in total. The molecule has 4 heteroatoms. The average Bonchev–Trinajstić information content (AvgIpc) is 2.62. The van der Waals surface area contributed by atoms with Gasteiger partial charge in [0.2, 0.25) is 0 Å². The number of nitrogens with one attached hydrogen (secondary N) is 1. The Labute approximate surface area is 89.6 Å². The predicted molar refractivity (Wildman–Crippen MR) is 56.5 cm³/mol. The molecule has 0 radical (unpaired) electrons. The van der Waals surface area contributed by atoms with Crippen LogP contribution in [0.1, 0.15) is 31.0 Å². The summed E-state index contributed by atoms with van der Waals surface area (Å²) >= 11 is 0. The van der Waals surface area contributed by atoms with Crippen LogP contribution >= 0.6 is 0 Å². The van der Waals surface area contributed by atoms with Crippen molar-refractivity contribution in [3.05, 3.63) is 18.2 Å². The number of imidazole rings is 1. The maximum atomic E-state index is 5.99. The van der Waals surface area contributed by atoms with Crippen molar-refractivity contribution in [1.82, 2.24) is 14.9 Å². The Balaban J connectivity index is 1.92. The minimum absolute atomic E-state index is 0.0616. The summed E-state index contributed by atoms with van der Waals surface area (Å²) in [7, 11) is 2.05. The number of ether oxygens (including phenoxy) is 1. The van der Waals surface area contributed by atoms with E-state index < -0.39 is 0 Å². The minimum atomic E-state index is 0.0616. The van der Waals surface area contributed by atoms with Gasteiger partial charge in [-0.15, -0.1) is 0 Å². The number of hydrogen-bond donors (Lipinski definition) is 1. The van der Waals surface area contributed by atoms with E-state index in [1.807, 2.05) is 19.6 Å². The van der Waals surface area contributed by atoms with Gasteiger partial charge in [-0.05, 0) is 19.3 Å². The third-order valence-corrected chi connectivity index (χ3v) is 3.72. The summed E-state index contributed by atoms with van der Waals surface area (Å²) in [5, 5.41) is 3.57. The lowest BCUT2D eigenvalue weighted by Crippen LogP contribution is -2.56. The fourth-order valence-electron chi connectivity index (χ4n) is 2.70. The van der Waals surface area contributed by atoms with Crippen molar-refractivity contribution >= 4 is 0 Å². The van der Waals surface area contributed by atoms with Crippen molar-refractivity contribution in [2.45, 2.75) is 30.9 Å². The van der Waals surface area contributed by atoms with Crippen molar-refractivity contribution in [1.29, 1.82) is 0 Å². The zero-order chi connectivity index (χ0) is 10.3. The standard InChI is InChI=1S/C11H17N3O/c1-14-8-12-7-9(14)10-11(3-2-4-11)15-6-5-13-10/h7-8,10,13H,2-6H2,1H3. The number of morpholine rings is 1. The predicted octanol–water partition coefficient (Wildman–Crippen LogP) is 1.00. The lowest BCUT2D eigenvalue weighted by molar-refractivity contribution is -0.147. The van der Waals surface area contributed by atoms with Gasteiger partial charge in [0.15, 0.2) is 0 Å². The minimum Gasteiger partial charge on any atom is -0.372 e. The molecular weight excluding hydrogens is 190 g/mol. The van der Waals surface area contributed by atoms with Gasteiger partial charge in [0.25, 0.3) is 0 Å². The van der Waals surface area contributed by atoms with Crippen molar-refractivity contribution in [3.8, 4) is 0 Å². The zero-order valence-corrected chi connectivity index (χ0v) is 9.07. The smallest absolute Gasteiger partial charge is 0.0946 e. The van der Waals surface area contributed by atoms with Crippen LogP contribution in [-0.2, 0) is 11.8 Å². The van der Waals surface area contributed by atoms with Gasteiger partial charge in [-0.3, -0.25) is 0 Å². The Morgan fingerprint density at radius 1 is 1.60 bits per heavy atom. The first kappa shape index (κ1) is 9.36. The second-order valence-electron chi connectivity index (χ2n) is 4.58. The number of aryl methyl sites for hydroxylation is 1. The summed E-state index contributed by atoms with van der Waals surface area (Å²) in [6.45, 7) is 1.78. The van der Waals surface area contributed by atoms with Gasteiger partial charge in [0.1, 0.15) is 0 Å². The number of aromatic nitrogens is 2. The SMILES string of the molecule is Cn1cncc1C1NCCOC12CCC2. The molecule has 1 aromatic heterocycles. The molecule has 1 saturated heterocycles. The van der Waals surface area contributed by atoms with Crippen molar-refractivity contribution in [2.75, 3.05) is 13.2 Å². The topological polar surface area (TPSA) is 39.1 Å². The summed E-state index contributed by atoms with van der Waals surface area (Å²) in [4.78, 5) is 4.19. The maximum Gasteiger partial charge on any atom is 0.0946 e. The molecule has 1 spiro atoms. The maximum absolute atomic E-state index is 5.99. The van der Waals surface area contributed by atoms with Crippen LogP contribution in [-0.4, -0.2) is 28.3 Å². The van der Waals surface area contributed by atoms with E-state index in [9.17, 15) is 0 Å². The number of hydrogen-bond acceptors (Lipinski definition) is 3. The van der Waals surface area contributed by atoms with E-state index in [4.69, 9.17) is 4.74 Å². The van der Waals surface area contributed by atoms with Crippen molar-refractivity contribution in [2.24, 2.45) is 7.05 Å². The molecule has 2 fully saturated rings. The normalized spacial score (nSPS) is 29.0. The second-order valence-corrected chi connectivity index (χ2v) is 4.58. The fraction of sp³-hybridized carbons (Fsp3) is 0.727. The van der Waals surface area contributed by atoms with Crippen LogP contribution in [0.2, 0.25) is 0 Å². The molecular formula is C11H17N3O. The molecule has 0 bridgehead atoms. The molecule has 1 aliphatic carbocycles. The highest BCUT2D eigenvalue weighted by molar-refractivity contribution is 5.16. The highest BCUT2D eigenvalue weighted by Gasteiger charge is 2.48. The zero-order valence-electron chi connectivity index (χ0n) is 9.07. The highest BCUT2D eigenvalue weighted by atomic mass is 16.5. The molecule has 1 aliphatic heterocycles. The molecule has 1 aromatic rings. The van der Waals surface area contributed by atoms with Crippen LogP contribution < -0.4 is 5.32 Å². The van der Waals surface area contributed by atoms with Gasteiger partial charge in [-0.25, -0.2) is 4.98 Å². The van der Waals surface area contributed by atoms with Crippen molar-refractivity contribution in [3.63, 3.8) is 0 Å². The molecule has 4 nitrogen and oxygen atoms in total. The molecule has 3 rings (SSSR count). The van der Waals surface area contributed by atoms with Crippen LogP contribution in [0.15, 0.2) is 12.5 Å². The number of nitrogens with zero attached hydrogens (tertiary/aromatic N) is 2. The highest BCUT2D eigenvalue weighted by Crippen LogP contribution is 2.46. The summed E-state index contributed by atoms with van der Waals surface area (Å²) < 4.78 is 8.08. The quantitative estimate of drug-likeness (QED) is 0.747. The summed E-state index contributed by atoms with van der Waals surface area (Å²) in [5.74, 6) is 0. The van der Waals surface area contributed by atoms with Gasteiger partial charge in [0, 0.05) is 19.8 Å². The van der Waals surface area contributed by atoms with Gasteiger partial charge in [-0.1, -0.05) is 0 Å². The van der Waals surface area contributed by atoms with Gasteiger partial charge in [0.05, 0.1) is 30.3 Å². The molecule has 0 amide bonds. The van der Waals surface area contributed by atoms with E-state index in [1.54, 1.807) is 0 Å². The average molecular weight is 207 g/mol. The van der Waals surface area contributed by atoms with Crippen LogP contribution in [0, 0.1) is 0 Å². The van der Waals surface area contributed by atoms with Crippen LogP contribution in [0.5, 0.6) is 0 Å². The summed E-state index contributed by atoms with van der Waals surface area (Å²) in [6, 6.07) is 0.326. The largest absolute Gasteiger partial charge is 0.372 e. The van der Waals surface area contributed by atoms with E-state index in [-0.39, 0.29) is 5.60 Å². The third kappa shape index (κ3) is 1.32. The second kappa shape index (κ2) is 3.32. The monoisotopic (exact) mass is 207 g/mol. The lowest BCUT2D eigenvalue weighted by atomic mass is 9.72. The molecule has 82 valence electrons. The van der Waals surface area contributed by atoms with E-state index in [0.717, 1.165) is 13.2 Å². The first-order chi connectivity index (χ1) is 7.32. The van der Waals surface area contributed by atoms with Crippen molar-refractivity contribution < 1.29 is 4.74 Å². The molecule has 1 atom stereocenters. The Hall–Kier alpha value is -0.870. The van der Waals surface area contributed by atoms with Gasteiger partial charge >= 0.3 is 0 Å². The number of rotatable bonds is 1. The van der Waals surface area contributed by atoms with Crippen LogP contribution in [0.25, 0.3) is 0 Å².